The van der Waals surface area contributed by atoms with Gasteiger partial charge in [-0.15, -0.1) is 11.3 Å². The van der Waals surface area contributed by atoms with Crippen LogP contribution in [0.15, 0.2) is 6.20 Å². The minimum Gasteiger partial charge on any atom is -0.338 e. The zero-order chi connectivity index (χ0) is 16.2. The first-order valence-electron chi connectivity index (χ1n) is 8.84. The van der Waals surface area contributed by atoms with Crippen molar-refractivity contribution in [3.63, 3.8) is 0 Å². The second kappa shape index (κ2) is 7.62. The van der Waals surface area contributed by atoms with Crippen LogP contribution >= 0.6 is 11.3 Å². The summed E-state index contributed by atoms with van der Waals surface area (Å²) in [7, 11) is 2.19. The molecule has 0 bridgehead atoms. The molecule has 0 unspecified atom stereocenters. The summed E-state index contributed by atoms with van der Waals surface area (Å²) in [5, 5.41) is 4.24. The van der Waals surface area contributed by atoms with Gasteiger partial charge in [-0.1, -0.05) is 6.92 Å². The molecule has 0 aliphatic carbocycles. The van der Waals surface area contributed by atoms with Gasteiger partial charge in [0.15, 0.2) is 0 Å². The highest BCUT2D eigenvalue weighted by Gasteiger charge is 2.37. The van der Waals surface area contributed by atoms with Gasteiger partial charge in [-0.3, -0.25) is 0 Å². The molecular formula is C17H28N4OS. The molecule has 0 aromatic carbocycles. The fourth-order valence-electron chi connectivity index (χ4n) is 3.84. The summed E-state index contributed by atoms with van der Waals surface area (Å²) in [6, 6.07) is 0.558. The summed E-state index contributed by atoms with van der Waals surface area (Å²) < 4.78 is 0. The van der Waals surface area contributed by atoms with Crippen LogP contribution in [-0.2, 0) is 12.8 Å². The van der Waals surface area contributed by atoms with Crippen LogP contribution < -0.4 is 5.32 Å². The second-order valence-corrected chi connectivity index (χ2v) is 7.97. The molecule has 6 heteroatoms. The minimum absolute atomic E-state index is 0.122. The first kappa shape index (κ1) is 16.7. The van der Waals surface area contributed by atoms with Crippen molar-refractivity contribution in [2.75, 3.05) is 33.2 Å². The van der Waals surface area contributed by atoms with Crippen molar-refractivity contribution in [3.05, 3.63) is 16.1 Å². The predicted molar refractivity (Wildman–Crippen MR) is 93.9 cm³/mol. The molecule has 3 heterocycles. The van der Waals surface area contributed by atoms with Crippen LogP contribution in [0.2, 0.25) is 0 Å². The molecule has 0 spiro atoms. The third kappa shape index (κ3) is 4.04. The van der Waals surface area contributed by atoms with Gasteiger partial charge < -0.3 is 15.1 Å². The third-order valence-electron chi connectivity index (χ3n) is 5.10. The van der Waals surface area contributed by atoms with Crippen molar-refractivity contribution < 1.29 is 4.79 Å². The van der Waals surface area contributed by atoms with Crippen molar-refractivity contribution in [3.8, 4) is 0 Å². The number of hydrogen-bond donors (Lipinski definition) is 1. The predicted octanol–water partition coefficient (Wildman–Crippen LogP) is 2.37. The Morgan fingerprint density at radius 3 is 3.09 bits per heavy atom. The Labute approximate surface area is 143 Å². The molecule has 3 rings (SSSR count). The molecule has 2 saturated heterocycles. The molecule has 0 radical (unpaired) electrons. The summed E-state index contributed by atoms with van der Waals surface area (Å²) in [4.78, 5) is 22.8. The van der Waals surface area contributed by atoms with Gasteiger partial charge in [0.2, 0.25) is 0 Å². The molecule has 2 aliphatic rings. The maximum atomic E-state index is 12.6. The number of likely N-dealkylation sites (tertiary alicyclic amines) is 2. The quantitative estimate of drug-likeness (QED) is 0.918. The van der Waals surface area contributed by atoms with E-state index in [1.165, 1.54) is 11.3 Å². The second-order valence-electron chi connectivity index (χ2n) is 6.77. The van der Waals surface area contributed by atoms with Crippen molar-refractivity contribution in [1.29, 1.82) is 0 Å². The molecule has 2 aliphatic heterocycles. The first-order valence-corrected chi connectivity index (χ1v) is 9.65. The van der Waals surface area contributed by atoms with Crippen LogP contribution in [0.25, 0.3) is 0 Å². The van der Waals surface area contributed by atoms with Crippen molar-refractivity contribution >= 4 is 17.4 Å². The SMILES string of the molecule is CCc1cnc(CCNC(=O)N2CCC[C@@H]3CN(C)CC[C@@H]32)s1. The number of amides is 2. The number of piperidine rings is 2. The van der Waals surface area contributed by atoms with E-state index in [9.17, 15) is 4.79 Å². The van der Waals surface area contributed by atoms with Gasteiger partial charge in [0, 0.05) is 43.2 Å². The minimum atomic E-state index is 0.122. The van der Waals surface area contributed by atoms with Crippen molar-refractivity contribution in [2.45, 2.75) is 45.1 Å². The van der Waals surface area contributed by atoms with Crippen LogP contribution in [-0.4, -0.2) is 60.1 Å². The van der Waals surface area contributed by atoms with Crippen LogP contribution in [0.3, 0.4) is 0 Å². The largest absolute Gasteiger partial charge is 0.338 e. The number of hydrogen-bond acceptors (Lipinski definition) is 4. The normalized spacial score (nSPS) is 25.2. The summed E-state index contributed by atoms with van der Waals surface area (Å²) in [6.45, 7) is 5.97. The van der Waals surface area contributed by atoms with Gasteiger partial charge in [-0.25, -0.2) is 9.78 Å². The van der Waals surface area contributed by atoms with E-state index in [1.54, 1.807) is 11.3 Å². The van der Waals surface area contributed by atoms with Crippen LogP contribution in [0.1, 0.15) is 36.1 Å². The Balaban J connectivity index is 1.49. The van der Waals surface area contributed by atoms with Gasteiger partial charge in [-0.2, -0.15) is 0 Å². The lowest BCUT2D eigenvalue weighted by Crippen LogP contribution is -2.57. The first-order chi connectivity index (χ1) is 11.2. The van der Waals surface area contributed by atoms with Gasteiger partial charge in [0.25, 0.3) is 0 Å². The lowest BCUT2D eigenvalue weighted by molar-refractivity contribution is 0.0534. The fraction of sp³-hybridized carbons (Fsp3) is 0.765. The number of aryl methyl sites for hydroxylation is 1. The molecule has 2 atom stereocenters. The number of carbonyl (C=O) groups excluding carboxylic acids is 1. The summed E-state index contributed by atoms with van der Waals surface area (Å²) in [6.07, 6.45) is 7.33. The highest BCUT2D eigenvalue weighted by Crippen LogP contribution is 2.30. The van der Waals surface area contributed by atoms with E-state index in [0.29, 0.717) is 18.5 Å². The number of rotatable bonds is 4. The van der Waals surface area contributed by atoms with E-state index in [4.69, 9.17) is 0 Å². The topological polar surface area (TPSA) is 48.5 Å². The van der Waals surface area contributed by atoms with Crippen LogP contribution in [0.5, 0.6) is 0 Å². The Kier molecular flexibility index (Phi) is 5.54. The van der Waals surface area contributed by atoms with E-state index in [0.717, 1.165) is 50.3 Å². The number of carbonyl (C=O) groups is 1. The maximum Gasteiger partial charge on any atom is 0.317 e. The maximum absolute atomic E-state index is 12.6. The van der Waals surface area contributed by atoms with Gasteiger partial charge in [0.1, 0.15) is 0 Å². The van der Waals surface area contributed by atoms with Crippen LogP contribution in [0, 0.1) is 5.92 Å². The molecule has 2 amide bonds. The molecule has 23 heavy (non-hydrogen) atoms. The Hall–Kier alpha value is -1.14. The lowest BCUT2D eigenvalue weighted by Gasteiger charge is -2.46. The highest BCUT2D eigenvalue weighted by molar-refractivity contribution is 7.11. The molecule has 1 aromatic rings. The number of nitrogens with one attached hydrogen (secondary N) is 1. The Bertz CT molecular complexity index is 532. The number of urea groups is 1. The van der Waals surface area contributed by atoms with Crippen molar-refractivity contribution in [1.82, 2.24) is 20.1 Å². The number of thiazole rings is 1. The smallest absolute Gasteiger partial charge is 0.317 e. The van der Waals surface area contributed by atoms with Gasteiger partial charge >= 0.3 is 6.03 Å². The molecule has 1 N–H and O–H groups in total. The molecule has 128 valence electrons. The monoisotopic (exact) mass is 336 g/mol. The van der Waals surface area contributed by atoms with E-state index >= 15 is 0 Å². The Morgan fingerprint density at radius 1 is 1.43 bits per heavy atom. The zero-order valence-electron chi connectivity index (χ0n) is 14.3. The van der Waals surface area contributed by atoms with Gasteiger partial charge in [-0.05, 0) is 45.2 Å². The number of aromatic nitrogens is 1. The lowest BCUT2D eigenvalue weighted by atomic mass is 9.84. The molecule has 2 fully saturated rings. The average molecular weight is 337 g/mol. The van der Waals surface area contributed by atoms with Gasteiger partial charge in [0.05, 0.1) is 5.01 Å². The molecule has 0 saturated carbocycles. The fourth-order valence-corrected chi connectivity index (χ4v) is 4.70. The van der Waals surface area contributed by atoms with E-state index in [1.807, 2.05) is 6.20 Å². The summed E-state index contributed by atoms with van der Waals surface area (Å²) >= 11 is 1.76. The third-order valence-corrected chi connectivity index (χ3v) is 6.30. The molecule has 1 aromatic heterocycles. The highest BCUT2D eigenvalue weighted by atomic mass is 32.1. The number of nitrogens with zero attached hydrogens (tertiary/aromatic N) is 3. The van der Waals surface area contributed by atoms with Crippen molar-refractivity contribution in [2.24, 2.45) is 5.92 Å². The van der Waals surface area contributed by atoms with Crippen LogP contribution in [0.4, 0.5) is 4.79 Å². The Morgan fingerprint density at radius 2 is 2.30 bits per heavy atom. The standard InChI is InChI=1S/C17H28N4OS/c1-3-14-11-19-16(23-14)6-8-18-17(22)21-9-4-5-13-12-20(2)10-7-15(13)21/h11,13,15H,3-10,12H2,1-2H3,(H,18,22)/t13-,15+/m1/s1. The zero-order valence-corrected chi connectivity index (χ0v) is 15.1. The van der Waals surface area contributed by atoms with E-state index in [-0.39, 0.29) is 6.03 Å². The van der Waals surface area contributed by atoms with E-state index in [2.05, 4.69) is 34.1 Å². The summed E-state index contributed by atoms with van der Waals surface area (Å²) in [5.41, 5.74) is 0. The van der Waals surface area contributed by atoms with E-state index < -0.39 is 0 Å². The molecular weight excluding hydrogens is 308 g/mol. The average Bonchev–Trinajstić information content (AvgIpc) is 3.02. The summed E-state index contributed by atoms with van der Waals surface area (Å²) in [5.74, 6) is 0.652. The molecule has 5 nitrogen and oxygen atoms in total. The number of fused-ring (bicyclic) bond motifs is 1.